The summed E-state index contributed by atoms with van der Waals surface area (Å²) < 4.78 is 26.7. The summed E-state index contributed by atoms with van der Waals surface area (Å²) in [7, 11) is -3.42. The molecule has 0 aromatic heterocycles. The molecule has 0 saturated heterocycles. The summed E-state index contributed by atoms with van der Waals surface area (Å²) in [6.45, 7) is 4.44. The minimum atomic E-state index is -3.42. The van der Waals surface area contributed by atoms with Crippen molar-refractivity contribution < 1.29 is 8.42 Å². The van der Waals surface area contributed by atoms with Gasteiger partial charge in [-0.05, 0) is 37.0 Å². The Labute approximate surface area is 131 Å². The van der Waals surface area contributed by atoms with Crippen LogP contribution in [0.15, 0.2) is 28.0 Å². The van der Waals surface area contributed by atoms with E-state index < -0.39 is 10.0 Å². The average molecular weight is 329 g/mol. The third kappa shape index (κ3) is 4.37. The Bertz CT molecular complexity index is 587. The lowest BCUT2D eigenvalue weighted by Gasteiger charge is -2.26. The summed E-state index contributed by atoms with van der Waals surface area (Å²) in [6.07, 6.45) is 4.89. The van der Waals surface area contributed by atoms with E-state index in [1.807, 2.05) is 0 Å². The third-order valence-electron chi connectivity index (χ3n) is 3.81. The van der Waals surface area contributed by atoms with E-state index in [-0.39, 0.29) is 0 Å². The van der Waals surface area contributed by atoms with Gasteiger partial charge in [-0.1, -0.05) is 26.7 Å². The lowest BCUT2D eigenvalue weighted by Crippen LogP contribution is -2.23. The van der Waals surface area contributed by atoms with Gasteiger partial charge in [0.2, 0.25) is 10.0 Å². The minimum Gasteiger partial charge on any atom is -0.398 e. The van der Waals surface area contributed by atoms with Gasteiger partial charge in [0.15, 0.2) is 0 Å². The van der Waals surface area contributed by atoms with Crippen molar-refractivity contribution in [2.45, 2.75) is 54.6 Å². The van der Waals surface area contributed by atoms with Crippen LogP contribution in [0.3, 0.4) is 0 Å². The van der Waals surface area contributed by atoms with Gasteiger partial charge in [-0.25, -0.2) is 13.1 Å². The number of hydrogen-bond donors (Lipinski definition) is 2. The van der Waals surface area contributed by atoms with Gasteiger partial charge in [0.05, 0.1) is 4.90 Å². The Hall–Kier alpha value is -0.720. The molecule has 0 bridgehead atoms. The monoisotopic (exact) mass is 328 g/mol. The quantitative estimate of drug-likeness (QED) is 0.814. The first-order chi connectivity index (χ1) is 9.92. The molecule has 0 aliphatic heterocycles. The van der Waals surface area contributed by atoms with E-state index in [1.54, 1.807) is 36.9 Å². The fourth-order valence-corrected chi connectivity index (χ4v) is 5.33. The summed E-state index contributed by atoms with van der Waals surface area (Å²) in [6, 6.07) is 4.97. The van der Waals surface area contributed by atoms with Crippen LogP contribution in [0, 0.1) is 5.92 Å². The van der Waals surface area contributed by atoms with Crippen molar-refractivity contribution >= 4 is 27.5 Å². The van der Waals surface area contributed by atoms with Crippen LogP contribution in [0.4, 0.5) is 5.69 Å². The first-order valence-corrected chi connectivity index (χ1v) is 9.84. The van der Waals surface area contributed by atoms with Crippen molar-refractivity contribution in [1.29, 1.82) is 0 Å². The highest BCUT2D eigenvalue weighted by atomic mass is 32.2. The molecule has 0 radical (unpaired) electrons. The second kappa shape index (κ2) is 7.03. The maximum Gasteiger partial charge on any atom is 0.240 e. The number of thioether (sulfide) groups is 1. The Balaban J connectivity index is 2.19. The molecule has 2 unspecified atom stereocenters. The summed E-state index contributed by atoms with van der Waals surface area (Å²) in [5, 5.41) is 0.535. The normalized spacial score (nSPS) is 23.1. The molecule has 0 heterocycles. The number of sulfonamides is 1. The van der Waals surface area contributed by atoms with Crippen LogP contribution >= 0.6 is 11.8 Å². The molecule has 1 saturated carbocycles. The lowest BCUT2D eigenvalue weighted by molar-refractivity contribution is 0.394. The van der Waals surface area contributed by atoms with Crippen LogP contribution in [0.5, 0.6) is 0 Å². The van der Waals surface area contributed by atoms with Gasteiger partial charge in [0, 0.05) is 22.4 Å². The molecule has 0 amide bonds. The molecule has 1 aliphatic rings. The first-order valence-electron chi connectivity index (χ1n) is 7.48. The maximum atomic E-state index is 12.1. The molecule has 4 nitrogen and oxygen atoms in total. The molecule has 1 aromatic rings. The van der Waals surface area contributed by atoms with Crippen molar-refractivity contribution in [2.24, 2.45) is 5.92 Å². The Kier molecular flexibility index (Phi) is 5.57. The Morgan fingerprint density at radius 3 is 2.81 bits per heavy atom. The SMILES string of the molecule is CCNS(=O)(=O)c1ccc(N)c(SC2CCCC(C)C2)c1. The van der Waals surface area contributed by atoms with Gasteiger partial charge in [-0.3, -0.25) is 0 Å². The highest BCUT2D eigenvalue weighted by Crippen LogP contribution is 2.38. The largest absolute Gasteiger partial charge is 0.398 e. The van der Waals surface area contributed by atoms with Crippen LogP contribution < -0.4 is 10.5 Å². The van der Waals surface area contributed by atoms with Gasteiger partial charge in [-0.2, -0.15) is 0 Å². The molecule has 3 N–H and O–H groups in total. The molecule has 2 atom stereocenters. The van der Waals surface area contributed by atoms with Crippen molar-refractivity contribution in [3.05, 3.63) is 18.2 Å². The fraction of sp³-hybridized carbons (Fsp3) is 0.600. The minimum absolute atomic E-state index is 0.296. The van der Waals surface area contributed by atoms with E-state index in [1.165, 1.54) is 25.7 Å². The molecule has 1 aliphatic carbocycles. The number of nitrogen functional groups attached to an aromatic ring is 1. The molecule has 118 valence electrons. The van der Waals surface area contributed by atoms with E-state index in [0.29, 0.717) is 22.4 Å². The highest BCUT2D eigenvalue weighted by Gasteiger charge is 2.22. The third-order valence-corrected chi connectivity index (χ3v) is 6.72. The zero-order valence-electron chi connectivity index (χ0n) is 12.6. The molecular formula is C15H24N2O2S2. The molecular weight excluding hydrogens is 304 g/mol. The first kappa shape index (κ1) is 16.6. The van der Waals surface area contributed by atoms with E-state index >= 15 is 0 Å². The number of anilines is 1. The fourth-order valence-electron chi connectivity index (χ4n) is 2.72. The van der Waals surface area contributed by atoms with Gasteiger partial charge in [0.25, 0.3) is 0 Å². The van der Waals surface area contributed by atoms with E-state index in [9.17, 15) is 8.42 Å². The van der Waals surface area contributed by atoms with E-state index in [4.69, 9.17) is 5.73 Å². The summed E-state index contributed by atoms with van der Waals surface area (Å²) >= 11 is 1.73. The van der Waals surface area contributed by atoms with Gasteiger partial charge in [-0.15, -0.1) is 11.8 Å². The predicted molar refractivity (Wildman–Crippen MR) is 89.0 cm³/mol. The summed E-state index contributed by atoms with van der Waals surface area (Å²) in [5.74, 6) is 0.742. The van der Waals surface area contributed by atoms with Crippen LogP contribution in [-0.2, 0) is 10.0 Å². The van der Waals surface area contributed by atoms with Gasteiger partial charge < -0.3 is 5.73 Å². The molecule has 21 heavy (non-hydrogen) atoms. The second-order valence-corrected chi connectivity index (χ2v) is 8.82. The van der Waals surface area contributed by atoms with Gasteiger partial charge in [0.1, 0.15) is 0 Å². The molecule has 0 spiro atoms. The maximum absolute atomic E-state index is 12.1. The number of benzene rings is 1. The van der Waals surface area contributed by atoms with Crippen molar-refractivity contribution in [3.63, 3.8) is 0 Å². The average Bonchev–Trinajstić information content (AvgIpc) is 2.41. The smallest absolute Gasteiger partial charge is 0.240 e. The van der Waals surface area contributed by atoms with E-state index in [2.05, 4.69) is 11.6 Å². The lowest BCUT2D eigenvalue weighted by atomic mass is 9.91. The topological polar surface area (TPSA) is 72.2 Å². The second-order valence-electron chi connectivity index (χ2n) is 5.71. The Morgan fingerprint density at radius 2 is 2.14 bits per heavy atom. The number of nitrogens with one attached hydrogen (secondary N) is 1. The van der Waals surface area contributed by atoms with Crippen molar-refractivity contribution in [2.75, 3.05) is 12.3 Å². The zero-order valence-corrected chi connectivity index (χ0v) is 14.3. The van der Waals surface area contributed by atoms with Crippen LogP contribution in [0.2, 0.25) is 0 Å². The van der Waals surface area contributed by atoms with Crippen LogP contribution in [0.1, 0.15) is 39.5 Å². The van der Waals surface area contributed by atoms with Crippen LogP contribution in [-0.4, -0.2) is 20.2 Å². The number of hydrogen-bond acceptors (Lipinski definition) is 4. The molecule has 1 aromatic carbocycles. The molecule has 6 heteroatoms. The summed E-state index contributed by atoms with van der Waals surface area (Å²) in [4.78, 5) is 1.18. The number of nitrogens with two attached hydrogens (primary N) is 1. The van der Waals surface area contributed by atoms with Crippen molar-refractivity contribution in [1.82, 2.24) is 4.72 Å². The molecule has 1 fully saturated rings. The van der Waals surface area contributed by atoms with E-state index in [0.717, 1.165) is 10.8 Å². The van der Waals surface area contributed by atoms with Gasteiger partial charge >= 0.3 is 0 Å². The highest BCUT2D eigenvalue weighted by molar-refractivity contribution is 8.00. The zero-order chi connectivity index (χ0) is 15.5. The Morgan fingerprint density at radius 1 is 1.38 bits per heavy atom. The number of rotatable bonds is 5. The van der Waals surface area contributed by atoms with Crippen molar-refractivity contribution in [3.8, 4) is 0 Å². The van der Waals surface area contributed by atoms with Crippen LogP contribution in [0.25, 0.3) is 0 Å². The predicted octanol–water partition coefficient (Wildman–Crippen LogP) is 3.24. The molecule has 2 rings (SSSR count). The standard InChI is InChI=1S/C15H24N2O2S2/c1-3-17-21(18,19)13-7-8-14(16)15(10-13)20-12-6-4-5-11(2)9-12/h7-8,10-12,17H,3-6,9,16H2,1-2H3. The summed E-state index contributed by atoms with van der Waals surface area (Å²) in [5.41, 5.74) is 6.68.